The largest absolute Gasteiger partial charge is 0.494 e. The molecule has 7 nitrogen and oxygen atoms in total. The molecule has 2 rings (SSSR count). The van der Waals surface area contributed by atoms with Crippen LogP contribution in [-0.2, 0) is 14.3 Å². The van der Waals surface area contributed by atoms with Crippen molar-refractivity contribution >= 4 is 29.3 Å². The van der Waals surface area contributed by atoms with Gasteiger partial charge in [-0.2, -0.15) is 5.26 Å². The number of para-hydroxylation sites is 1. The number of carbonyl (C=O) groups is 2. The van der Waals surface area contributed by atoms with E-state index >= 15 is 0 Å². The van der Waals surface area contributed by atoms with Gasteiger partial charge in [0, 0.05) is 4.90 Å². The lowest BCUT2D eigenvalue weighted by molar-refractivity contribution is -0.147. The molecule has 29 heavy (non-hydrogen) atoms. The van der Waals surface area contributed by atoms with Crippen molar-refractivity contribution in [3.63, 3.8) is 0 Å². The van der Waals surface area contributed by atoms with Crippen molar-refractivity contribution in [1.29, 1.82) is 5.26 Å². The van der Waals surface area contributed by atoms with Crippen LogP contribution in [0, 0.1) is 11.3 Å². The van der Waals surface area contributed by atoms with Crippen molar-refractivity contribution in [2.75, 3.05) is 30.9 Å². The topological polar surface area (TPSA) is 97.7 Å². The molecule has 0 fully saturated rings. The van der Waals surface area contributed by atoms with Gasteiger partial charge in [0.1, 0.15) is 11.5 Å². The zero-order chi connectivity index (χ0) is 20.9. The molecule has 152 valence electrons. The first kappa shape index (κ1) is 22.1. The fourth-order valence-corrected chi connectivity index (χ4v) is 2.93. The highest BCUT2D eigenvalue weighted by atomic mass is 32.2. The fraction of sp³-hybridized carbons (Fsp3) is 0.286. The molecule has 2 aromatic carbocycles. The molecule has 0 heterocycles. The maximum absolute atomic E-state index is 12.0. The molecule has 0 atom stereocenters. The smallest absolute Gasteiger partial charge is 0.309 e. The monoisotopic (exact) mass is 414 g/mol. The molecule has 0 saturated heterocycles. The van der Waals surface area contributed by atoms with Crippen molar-refractivity contribution in [2.45, 2.75) is 18.2 Å². The van der Waals surface area contributed by atoms with Crippen molar-refractivity contribution in [2.24, 2.45) is 0 Å². The first-order valence-electron chi connectivity index (χ1n) is 9.02. The number of benzene rings is 2. The van der Waals surface area contributed by atoms with Gasteiger partial charge in [0.15, 0.2) is 6.61 Å². The third-order valence-electron chi connectivity index (χ3n) is 3.53. The van der Waals surface area contributed by atoms with E-state index in [1.54, 1.807) is 36.4 Å². The minimum atomic E-state index is -0.529. The predicted molar refractivity (Wildman–Crippen MR) is 110 cm³/mol. The molecule has 0 spiro atoms. The molecule has 0 radical (unpaired) electrons. The summed E-state index contributed by atoms with van der Waals surface area (Å²) < 4.78 is 15.8. The average Bonchev–Trinajstić information content (AvgIpc) is 2.73. The summed E-state index contributed by atoms with van der Waals surface area (Å²) in [5.41, 5.74) is 0.577. The molecular weight excluding hydrogens is 392 g/mol. The number of esters is 1. The normalized spacial score (nSPS) is 9.93. The molecule has 2 aromatic rings. The number of hydrogen-bond acceptors (Lipinski definition) is 7. The summed E-state index contributed by atoms with van der Waals surface area (Å²) in [7, 11) is 0. The van der Waals surface area contributed by atoms with Crippen LogP contribution in [0.25, 0.3) is 0 Å². The maximum Gasteiger partial charge on any atom is 0.309 e. The first-order chi connectivity index (χ1) is 14.1. The summed E-state index contributed by atoms with van der Waals surface area (Å²) in [4.78, 5) is 24.6. The Balaban J connectivity index is 1.69. The number of nitrogens with one attached hydrogen (secondary N) is 1. The van der Waals surface area contributed by atoms with Gasteiger partial charge in [-0.3, -0.25) is 9.59 Å². The predicted octanol–water partition coefficient (Wildman–Crippen LogP) is 3.65. The van der Waals surface area contributed by atoms with E-state index in [4.69, 9.17) is 19.5 Å². The Bertz CT molecular complexity index is 849. The van der Waals surface area contributed by atoms with Gasteiger partial charge in [-0.1, -0.05) is 12.1 Å². The van der Waals surface area contributed by atoms with Gasteiger partial charge in [-0.05, 0) is 43.3 Å². The molecule has 0 unspecified atom stereocenters. The second-order valence-corrected chi connectivity index (χ2v) is 6.67. The van der Waals surface area contributed by atoms with Crippen LogP contribution in [0.5, 0.6) is 11.5 Å². The van der Waals surface area contributed by atoms with Crippen LogP contribution < -0.4 is 14.8 Å². The Morgan fingerprint density at radius 3 is 2.45 bits per heavy atom. The van der Waals surface area contributed by atoms with Gasteiger partial charge in [-0.25, -0.2) is 0 Å². The van der Waals surface area contributed by atoms with E-state index in [1.807, 2.05) is 25.1 Å². The number of anilines is 1. The Morgan fingerprint density at radius 2 is 1.76 bits per heavy atom. The summed E-state index contributed by atoms with van der Waals surface area (Å²) >= 11 is 1.32. The SMILES string of the molecule is CCOc1ccc(OCCC(=O)OCC(=O)Nc2ccccc2SCC#N)cc1. The zero-order valence-electron chi connectivity index (χ0n) is 16.1. The Labute approximate surface area is 174 Å². The van der Waals surface area contributed by atoms with Crippen LogP contribution in [-0.4, -0.2) is 37.4 Å². The van der Waals surface area contributed by atoms with Gasteiger partial charge in [0.25, 0.3) is 5.91 Å². The standard InChI is InChI=1S/C21H22N2O5S/c1-2-26-16-7-9-17(10-8-16)27-13-11-21(25)28-15-20(24)23-18-5-3-4-6-19(18)29-14-12-22/h3-10H,2,11,13-15H2,1H3,(H,23,24). The van der Waals surface area contributed by atoms with Crippen molar-refractivity contribution in [3.8, 4) is 17.6 Å². The highest BCUT2D eigenvalue weighted by Gasteiger charge is 2.10. The van der Waals surface area contributed by atoms with E-state index in [9.17, 15) is 9.59 Å². The van der Waals surface area contributed by atoms with E-state index in [0.717, 1.165) is 10.6 Å². The summed E-state index contributed by atoms with van der Waals surface area (Å²) in [5, 5.41) is 11.4. The summed E-state index contributed by atoms with van der Waals surface area (Å²) in [6, 6.07) is 16.2. The van der Waals surface area contributed by atoms with E-state index < -0.39 is 11.9 Å². The van der Waals surface area contributed by atoms with Crippen LogP contribution in [0.15, 0.2) is 53.4 Å². The molecule has 0 aliphatic rings. The van der Waals surface area contributed by atoms with Crippen molar-refractivity contribution < 1.29 is 23.8 Å². The zero-order valence-corrected chi connectivity index (χ0v) is 16.9. The third-order valence-corrected chi connectivity index (χ3v) is 4.47. The molecule has 1 N–H and O–H groups in total. The molecule has 0 aliphatic heterocycles. The van der Waals surface area contributed by atoms with Gasteiger partial charge >= 0.3 is 5.97 Å². The lowest BCUT2D eigenvalue weighted by atomic mass is 10.3. The average molecular weight is 414 g/mol. The number of rotatable bonds is 11. The summed E-state index contributed by atoms with van der Waals surface area (Å²) in [6.45, 7) is 2.24. The number of hydrogen-bond donors (Lipinski definition) is 1. The van der Waals surface area contributed by atoms with Crippen molar-refractivity contribution in [3.05, 3.63) is 48.5 Å². The highest BCUT2D eigenvalue weighted by Crippen LogP contribution is 2.26. The highest BCUT2D eigenvalue weighted by molar-refractivity contribution is 7.99. The molecular formula is C21H22N2O5S. The summed E-state index contributed by atoms with van der Waals surface area (Å²) in [6.07, 6.45) is 0.0229. The molecule has 0 aromatic heterocycles. The Morgan fingerprint density at radius 1 is 1.07 bits per heavy atom. The van der Waals surface area contributed by atoms with Gasteiger partial charge < -0.3 is 19.5 Å². The van der Waals surface area contributed by atoms with Crippen LogP contribution in [0.1, 0.15) is 13.3 Å². The second-order valence-electron chi connectivity index (χ2n) is 5.65. The van der Waals surface area contributed by atoms with Crippen LogP contribution in [0.4, 0.5) is 5.69 Å². The van der Waals surface area contributed by atoms with E-state index in [0.29, 0.717) is 18.0 Å². The Kier molecular flexibility index (Phi) is 9.39. The summed E-state index contributed by atoms with van der Waals surface area (Å²) in [5.74, 6) is 0.660. The number of amides is 1. The van der Waals surface area contributed by atoms with E-state index in [1.165, 1.54) is 11.8 Å². The lowest BCUT2D eigenvalue weighted by Crippen LogP contribution is -2.22. The van der Waals surface area contributed by atoms with Gasteiger partial charge in [0.05, 0.1) is 37.1 Å². The number of nitrogens with zero attached hydrogens (tertiary/aromatic N) is 1. The first-order valence-corrected chi connectivity index (χ1v) is 10.0. The molecule has 0 bridgehead atoms. The molecule has 8 heteroatoms. The lowest BCUT2D eigenvalue weighted by Gasteiger charge is -2.10. The molecule has 0 aliphatic carbocycles. The van der Waals surface area contributed by atoms with E-state index in [2.05, 4.69) is 5.32 Å². The fourth-order valence-electron chi connectivity index (χ4n) is 2.26. The third kappa shape index (κ3) is 8.15. The Hall–Kier alpha value is -3.18. The quantitative estimate of drug-likeness (QED) is 0.443. The van der Waals surface area contributed by atoms with Gasteiger partial charge in [-0.15, -0.1) is 11.8 Å². The van der Waals surface area contributed by atoms with Crippen LogP contribution in [0.3, 0.4) is 0 Å². The molecule has 1 amide bonds. The van der Waals surface area contributed by atoms with Crippen LogP contribution in [0.2, 0.25) is 0 Å². The number of carbonyl (C=O) groups excluding carboxylic acids is 2. The van der Waals surface area contributed by atoms with Gasteiger partial charge in [0.2, 0.25) is 0 Å². The second kappa shape index (κ2) is 12.3. The number of nitriles is 1. The maximum atomic E-state index is 12.0. The van der Waals surface area contributed by atoms with E-state index in [-0.39, 0.29) is 25.4 Å². The minimum absolute atomic E-state index is 0.0229. The number of thioether (sulfide) groups is 1. The molecule has 0 saturated carbocycles. The number of ether oxygens (including phenoxy) is 3. The van der Waals surface area contributed by atoms with Crippen molar-refractivity contribution in [1.82, 2.24) is 0 Å². The minimum Gasteiger partial charge on any atom is -0.494 e. The van der Waals surface area contributed by atoms with Crippen LogP contribution >= 0.6 is 11.8 Å².